The van der Waals surface area contributed by atoms with Crippen molar-refractivity contribution >= 4 is 11.3 Å². The number of halogens is 2. The van der Waals surface area contributed by atoms with Gasteiger partial charge in [-0.25, -0.2) is 13.8 Å². The third-order valence-corrected chi connectivity index (χ3v) is 4.94. The maximum atomic E-state index is 13.8. The number of hydrogen-bond acceptors (Lipinski definition) is 4. The first-order valence-corrected chi connectivity index (χ1v) is 8.10. The summed E-state index contributed by atoms with van der Waals surface area (Å²) in [5, 5.41) is 14.7. The zero-order valence-electron chi connectivity index (χ0n) is 12.3. The number of rotatable bonds is 6. The Bertz CT molecular complexity index is 668. The van der Waals surface area contributed by atoms with E-state index in [9.17, 15) is 13.9 Å². The van der Waals surface area contributed by atoms with Crippen molar-refractivity contribution in [3.63, 3.8) is 0 Å². The number of hydrogen-bond donors (Lipinski definition) is 2. The summed E-state index contributed by atoms with van der Waals surface area (Å²) < 4.78 is 26.7. The van der Waals surface area contributed by atoms with Gasteiger partial charge in [-0.3, -0.25) is 0 Å². The summed E-state index contributed by atoms with van der Waals surface area (Å²) in [4.78, 5) is 5.48. The van der Waals surface area contributed by atoms with Crippen LogP contribution in [0.2, 0.25) is 0 Å². The monoisotopic (exact) mass is 324 g/mol. The first-order chi connectivity index (χ1) is 10.5. The smallest absolute Gasteiger partial charge is 0.132 e. The second-order valence-electron chi connectivity index (χ2n) is 5.94. The van der Waals surface area contributed by atoms with Crippen LogP contribution < -0.4 is 5.32 Å². The maximum absolute atomic E-state index is 13.8. The van der Waals surface area contributed by atoms with E-state index in [4.69, 9.17) is 0 Å². The first kappa shape index (κ1) is 15.5. The predicted molar refractivity (Wildman–Crippen MR) is 81.7 cm³/mol. The number of aromatic nitrogens is 1. The van der Waals surface area contributed by atoms with E-state index in [1.165, 1.54) is 30.8 Å². The van der Waals surface area contributed by atoms with Crippen LogP contribution in [0.4, 0.5) is 8.78 Å². The highest BCUT2D eigenvalue weighted by atomic mass is 32.1. The fourth-order valence-electron chi connectivity index (χ4n) is 2.37. The van der Waals surface area contributed by atoms with Gasteiger partial charge in [0.05, 0.1) is 5.01 Å². The molecule has 1 saturated carbocycles. The number of nitrogens with zero attached hydrogens (tertiary/aromatic N) is 1. The van der Waals surface area contributed by atoms with Gasteiger partial charge in [0.25, 0.3) is 0 Å². The van der Waals surface area contributed by atoms with Crippen molar-refractivity contribution in [1.82, 2.24) is 10.3 Å². The number of thiazole rings is 1. The fourth-order valence-corrected chi connectivity index (χ4v) is 3.43. The van der Waals surface area contributed by atoms with Crippen molar-refractivity contribution in [3.8, 4) is 0 Å². The quantitative estimate of drug-likeness (QED) is 0.857. The Hall–Kier alpha value is -1.37. The third-order valence-electron chi connectivity index (χ3n) is 3.78. The molecule has 1 aliphatic carbocycles. The van der Waals surface area contributed by atoms with Gasteiger partial charge in [-0.2, -0.15) is 0 Å². The second-order valence-corrected chi connectivity index (χ2v) is 7.09. The second kappa shape index (κ2) is 6.02. The van der Waals surface area contributed by atoms with E-state index >= 15 is 0 Å². The molecule has 2 N–H and O–H groups in total. The van der Waals surface area contributed by atoms with E-state index < -0.39 is 17.2 Å². The lowest BCUT2D eigenvalue weighted by molar-refractivity contribution is 0.0529. The van der Waals surface area contributed by atoms with Crippen LogP contribution in [0.25, 0.3) is 0 Å². The van der Waals surface area contributed by atoms with Crippen LogP contribution in [0.3, 0.4) is 0 Å². The van der Waals surface area contributed by atoms with Crippen LogP contribution in [0.15, 0.2) is 24.4 Å². The molecule has 0 bridgehead atoms. The van der Waals surface area contributed by atoms with Crippen molar-refractivity contribution in [2.75, 3.05) is 6.54 Å². The van der Waals surface area contributed by atoms with Gasteiger partial charge in [0.1, 0.15) is 17.2 Å². The van der Waals surface area contributed by atoms with Crippen LogP contribution in [-0.2, 0) is 12.1 Å². The Labute approximate surface area is 132 Å². The van der Waals surface area contributed by atoms with E-state index in [1.807, 2.05) is 6.20 Å². The minimum absolute atomic E-state index is 0.0874. The van der Waals surface area contributed by atoms with Crippen molar-refractivity contribution in [1.29, 1.82) is 0 Å². The predicted octanol–water partition coefficient (Wildman–Crippen LogP) is 3.30. The third kappa shape index (κ3) is 3.51. The standard InChI is InChI=1S/C16H18F2N2OS/c1-16(21,13-5-4-11(17)6-14(13)18)9-19-7-12-8-20-15(22-12)10-2-3-10/h4-6,8,10,19,21H,2-3,7,9H2,1H3. The molecule has 1 aromatic carbocycles. The zero-order valence-corrected chi connectivity index (χ0v) is 13.1. The number of nitrogens with one attached hydrogen (secondary N) is 1. The average Bonchev–Trinajstić information content (AvgIpc) is 3.18. The largest absolute Gasteiger partial charge is 0.384 e. The molecule has 3 nitrogen and oxygen atoms in total. The molecular formula is C16H18F2N2OS. The molecule has 0 amide bonds. The fraction of sp³-hybridized carbons (Fsp3) is 0.438. The maximum Gasteiger partial charge on any atom is 0.132 e. The summed E-state index contributed by atoms with van der Waals surface area (Å²) in [6, 6.07) is 3.22. The topological polar surface area (TPSA) is 45.1 Å². The lowest BCUT2D eigenvalue weighted by Gasteiger charge is -2.24. The molecule has 0 spiro atoms. The van der Waals surface area contributed by atoms with E-state index in [0.29, 0.717) is 12.5 Å². The van der Waals surface area contributed by atoms with Crippen molar-refractivity contribution < 1.29 is 13.9 Å². The summed E-state index contributed by atoms with van der Waals surface area (Å²) in [5.74, 6) is -0.752. The average molecular weight is 324 g/mol. The van der Waals surface area contributed by atoms with Crippen molar-refractivity contribution in [2.45, 2.75) is 37.8 Å². The van der Waals surface area contributed by atoms with Gasteiger partial charge < -0.3 is 10.4 Å². The van der Waals surface area contributed by atoms with Gasteiger partial charge in [-0.05, 0) is 25.8 Å². The molecule has 2 aromatic rings. The van der Waals surface area contributed by atoms with Gasteiger partial charge in [0.2, 0.25) is 0 Å². The van der Waals surface area contributed by atoms with Crippen molar-refractivity contribution in [3.05, 3.63) is 51.5 Å². The molecule has 1 unspecified atom stereocenters. The van der Waals surface area contributed by atoms with Crippen LogP contribution in [-0.4, -0.2) is 16.6 Å². The van der Waals surface area contributed by atoms with E-state index in [1.54, 1.807) is 11.3 Å². The summed E-state index contributed by atoms with van der Waals surface area (Å²) >= 11 is 1.68. The molecule has 0 saturated heterocycles. The summed E-state index contributed by atoms with van der Waals surface area (Å²) in [6.45, 7) is 2.26. The molecule has 1 atom stereocenters. The van der Waals surface area contributed by atoms with Gasteiger partial charge >= 0.3 is 0 Å². The lowest BCUT2D eigenvalue weighted by atomic mass is 9.95. The molecule has 1 fully saturated rings. The minimum atomic E-state index is -1.40. The highest BCUT2D eigenvalue weighted by Gasteiger charge is 2.28. The molecule has 1 heterocycles. The Morgan fingerprint density at radius 1 is 1.41 bits per heavy atom. The lowest BCUT2D eigenvalue weighted by Crippen LogP contribution is -2.35. The summed E-state index contributed by atoms with van der Waals surface area (Å²) in [6.07, 6.45) is 4.29. The molecule has 1 aromatic heterocycles. The summed E-state index contributed by atoms with van der Waals surface area (Å²) in [5.41, 5.74) is -1.31. The highest BCUT2D eigenvalue weighted by molar-refractivity contribution is 7.11. The van der Waals surface area contributed by atoms with Gasteiger partial charge in [0, 0.05) is 41.7 Å². The molecule has 118 valence electrons. The highest BCUT2D eigenvalue weighted by Crippen LogP contribution is 2.41. The molecule has 1 aliphatic rings. The van der Waals surface area contributed by atoms with E-state index in [-0.39, 0.29) is 12.1 Å². The molecule has 6 heteroatoms. The van der Waals surface area contributed by atoms with Gasteiger partial charge in [-0.15, -0.1) is 11.3 Å². The minimum Gasteiger partial charge on any atom is -0.384 e. The number of aliphatic hydroxyl groups is 1. The van der Waals surface area contributed by atoms with Gasteiger partial charge in [0.15, 0.2) is 0 Å². The Morgan fingerprint density at radius 3 is 2.86 bits per heavy atom. The van der Waals surface area contributed by atoms with E-state index in [2.05, 4.69) is 10.3 Å². The van der Waals surface area contributed by atoms with Crippen molar-refractivity contribution in [2.24, 2.45) is 0 Å². The Kier molecular flexibility index (Phi) is 4.25. The molecule has 0 radical (unpaired) electrons. The Balaban J connectivity index is 1.58. The van der Waals surface area contributed by atoms with Crippen LogP contribution >= 0.6 is 11.3 Å². The normalized spacial score (nSPS) is 17.5. The SMILES string of the molecule is CC(O)(CNCc1cnc(C2CC2)s1)c1ccc(F)cc1F. The van der Waals surface area contributed by atoms with Crippen LogP contribution in [0, 0.1) is 11.6 Å². The molecule has 0 aliphatic heterocycles. The molecule has 3 rings (SSSR count). The first-order valence-electron chi connectivity index (χ1n) is 7.29. The number of benzene rings is 1. The van der Waals surface area contributed by atoms with E-state index in [0.717, 1.165) is 17.0 Å². The summed E-state index contributed by atoms with van der Waals surface area (Å²) in [7, 11) is 0. The van der Waals surface area contributed by atoms with Gasteiger partial charge in [-0.1, -0.05) is 6.07 Å². The zero-order chi connectivity index (χ0) is 15.7. The Morgan fingerprint density at radius 2 is 2.18 bits per heavy atom. The van der Waals surface area contributed by atoms with Crippen LogP contribution in [0.5, 0.6) is 0 Å². The molecular weight excluding hydrogens is 306 g/mol. The molecule has 22 heavy (non-hydrogen) atoms. The van der Waals surface area contributed by atoms with Crippen LogP contribution in [0.1, 0.15) is 41.1 Å².